The Labute approximate surface area is 212 Å². The van der Waals surface area contributed by atoms with Gasteiger partial charge < -0.3 is 20.1 Å². The minimum atomic E-state index is -4.09. The third-order valence-electron chi connectivity index (χ3n) is 7.64. The number of sulfonamides is 1. The highest BCUT2D eigenvalue weighted by atomic mass is 32.2. The lowest BCUT2D eigenvalue weighted by Gasteiger charge is -2.43. The first-order valence-corrected chi connectivity index (χ1v) is 14.2. The molecule has 2 atom stereocenters. The van der Waals surface area contributed by atoms with Crippen LogP contribution in [0.4, 0.5) is 0 Å². The van der Waals surface area contributed by atoms with Crippen LogP contribution in [-0.2, 0) is 14.8 Å². The number of amides is 1. The van der Waals surface area contributed by atoms with Crippen molar-refractivity contribution in [1.29, 1.82) is 0 Å². The first-order chi connectivity index (χ1) is 17.3. The largest absolute Gasteiger partial charge is 0.492 e. The van der Waals surface area contributed by atoms with Crippen molar-refractivity contribution >= 4 is 15.9 Å². The maximum Gasteiger partial charge on any atom is 0.247 e. The number of carbonyl (C=O) groups is 1. The maximum atomic E-state index is 13.8. The smallest absolute Gasteiger partial charge is 0.247 e. The van der Waals surface area contributed by atoms with Crippen LogP contribution in [0.25, 0.3) is 11.1 Å². The van der Waals surface area contributed by atoms with Gasteiger partial charge >= 0.3 is 0 Å². The molecule has 4 heterocycles. The summed E-state index contributed by atoms with van der Waals surface area (Å²) < 4.78 is 34.9. The van der Waals surface area contributed by atoms with Gasteiger partial charge in [0.25, 0.3) is 0 Å². The number of ether oxygens (including phenoxy) is 1. The molecule has 0 unspecified atom stereocenters. The van der Waals surface area contributed by atoms with E-state index in [1.165, 1.54) is 6.07 Å². The molecule has 0 bridgehead atoms. The van der Waals surface area contributed by atoms with E-state index >= 15 is 0 Å². The number of rotatable bonds is 3. The lowest BCUT2D eigenvalue weighted by molar-refractivity contribution is -0.127. The molecule has 1 aromatic heterocycles. The van der Waals surface area contributed by atoms with Gasteiger partial charge in [-0.1, -0.05) is 19.1 Å². The van der Waals surface area contributed by atoms with Gasteiger partial charge in [0, 0.05) is 56.0 Å². The Morgan fingerprint density at radius 3 is 2.72 bits per heavy atom. The molecule has 0 aliphatic carbocycles. The number of aliphatic hydroxyl groups is 1. The third-order valence-corrected chi connectivity index (χ3v) is 9.56. The van der Waals surface area contributed by atoms with Crippen LogP contribution in [0.1, 0.15) is 39.0 Å². The van der Waals surface area contributed by atoms with Gasteiger partial charge in [0.2, 0.25) is 15.9 Å². The van der Waals surface area contributed by atoms with Gasteiger partial charge in [-0.2, -0.15) is 4.31 Å². The number of benzene rings is 1. The molecule has 9 nitrogen and oxygen atoms in total. The lowest BCUT2D eigenvalue weighted by atomic mass is 9.84. The fourth-order valence-corrected chi connectivity index (χ4v) is 7.37. The summed E-state index contributed by atoms with van der Waals surface area (Å²) in [5.74, 6) is -0.0843. The number of nitrogens with one attached hydrogen (secondary N) is 1. The van der Waals surface area contributed by atoms with Crippen molar-refractivity contribution < 1.29 is 23.1 Å². The number of fused-ring (bicyclic) bond motifs is 2. The summed E-state index contributed by atoms with van der Waals surface area (Å²) in [4.78, 5) is 20.1. The monoisotopic (exact) mass is 514 g/mol. The summed E-state index contributed by atoms with van der Waals surface area (Å²) in [5, 5.41) is 13.6. The van der Waals surface area contributed by atoms with E-state index in [4.69, 9.17) is 4.74 Å². The number of carbonyl (C=O) groups excluding carboxylic acids is 1. The van der Waals surface area contributed by atoms with Crippen LogP contribution < -0.4 is 10.1 Å². The van der Waals surface area contributed by atoms with Crippen LogP contribution >= 0.6 is 0 Å². The van der Waals surface area contributed by atoms with Crippen LogP contribution in [0.3, 0.4) is 0 Å². The van der Waals surface area contributed by atoms with Crippen LogP contribution in [0, 0.1) is 0 Å². The van der Waals surface area contributed by atoms with E-state index in [2.05, 4.69) is 22.1 Å². The normalized spacial score (nSPS) is 26.3. The zero-order chi connectivity index (χ0) is 25.3. The first-order valence-electron chi connectivity index (χ1n) is 12.7. The number of aliphatic hydroxyl groups excluding tert-OH is 1. The van der Waals surface area contributed by atoms with Crippen LogP contribution in [0.5, 0.6) is 5.75 Å². The predicted molar refractivity (Wildman–Crippen MR) is 135 cm³/mol. The second kappa shape index (κ2) is 10.1. The zero-order valence-corrected chi connectivity index (χ0v) is 21.4. The zero-order valence-electron chi connectivity index (χ0n) is 20.6. The predicted octanol–water partition coefficient (Wildman–Crippen LogP) is 2.02. The topological polar surface area (TPSA) is 112 Å². The molecule has 5 rings (SSSR count). The molecule has 1 aromatic carbocycles. The van der Waals surface area contributed by atoms with Crippen LogP contribution in [0.15, 0.2) is 47.6 Å². The highest BCUT2D eigenvalue weighted by Crippen LogP contribution is 2.37. The van der Waals surface area contributed by atoms with Crippen LogP contribution in [-0.4, -0.2) is 84.1 Å². The highest BCUT2D eigenvalue weighted by molar-refractivity contribution is 7.89. The summed E-state index contributed by atoms with van der Waals surface area (Å²) in [6.45, 7) is 5.06. The number of hydrogen-bond donors (Lipinski definition) is 2. The summed E-state index contributed by atoms with van der Waals surface area (Å²) in [6, 6.07) is 7.76. The Kier molecular flexibility index (Phi) is 7.04. The summed E-state index contributed by atoms with van der Waals surface area (Å²) >= 11 is 0. The molecule has 1 spiro atoms. The Bertz CT molecular complexity index is 1200. The lowest BCUT2D eigenvalue weighted by Crippen LogP contribution is -2.59. The molecule has 36 heavy (non-hydrogen) atoms. The van der Waals surface area contributed by atoms with Crippen molar-refractivity contribution in [2.24, 2.45) is 0 Å². The second-order valence-electron chi connectivity index (χ2n) is 10.1. The van der Waals surface area contributed by atoms with E-state index in [1.807, 2.05) is 12.1 Å². The van der Waals surface area contributed by atoms with Gasteiger partial charge in [0.1, 0.15) is 16.7 Å². The standard InChI is InChI=1S/C26H34N4O5S/c1-2-11-29-12-7-26(8-13-29)9-14-35-23-15-19(20-4-3-10-27-17-20)5-6-24(23)36(33,34)30-18-21(31)16-22(30)25(32)28-26/h3-6,10,15,17,21-22,31H,2,7-9,11-14,16,18H2,1H3,(H,28,32)/t21-,22+/m1/s1. The minimum absolute atomic E-state index is 0.00996. The van der Waals surface area contributed by atoms with E-state index in [1.54, 1.807) is 24.5 Å². The molecule has 2 saturated heterocycles. The quantitative estimate of drug-likeness (QED) is 0.645. The van der Waals surface area contributed by atoms with Crippen molar-refractivity contribution in [3.8, 4) is 16.9 Å². The molecule has 2 N–H and O–H groups in total. The van der Waals surface area contributed by atoms with Gasteiger partial charge in [-0.05, 0) is 49.6 Å². The van der Waals surface area contributed by atoms with Gasteiger partial charge in [-0.3, -0.25) is 9.78 Å². The minimum Gasteiger partial charge on any atom is -0.492 e. The number of likely N-dealkylation sites (tertiary alicyclic amines) is 1. The average molecular weight is 515 g/mol. The van der Waals surface area contributed by atoms with Crippen molar-refractivity contribution in [2.45, 2.75) is 61.6 Å². The third kappa shape index (κ3) is 4.87. The highest BCUT2D eigenvalue weighted by Gasteiger charge is 2.47. The van der Waals surface area contributed by atoms with Gasteiger partial charge in [0.15, 0.2) is 0 Å². The Morgan fingerprint density at radius 1 is 1.19 bits per heavy atom. The van der Waals surface area contributed by atoms with Gasteiger partial charge in [-0.15, -0.1) is 0 Å². The molecule has 2 fully saturated rings. The van der Waals surface area contributed by atoms with Crippen molar-refractivity contribution in [1.82, 2.24) is 19.5 Å². The van der Waals surface area contributed by atoms with Gasteiger partial charge in [0.05, 0.1) is 12.7 Å². The number of pyridine rings is 1. The van der Waals surface area contributed by atoms with E-state index < -0.39 is 27.7 Å². The Balaban J connectivity index is 1.53. The van der Waals surface area contributed by atoms with Crippen molar-refractivity contribution in [2.75, 3.05) is 32.8 Å². The maximum absolute atomic E-state index is 13.8. The number of aromatic nitrogens is 1. The molecule has 2 aromatic rings. The number of nitrogens with zero attached hydrogens (tertiary/aromatic N) is 3. The molecule has 10 heteroatoms. The van der Waals surface area contributed by atoms with Crippen LogP contribution in [0.2, 0.25) is 0 Å². The SMILES string of the molecule is CCCN1CCC2(CCOc3cc(-c4cccnc4)ccc3S(=O)(=O)N3C[C@H](O)C[C@H]3C(=O)N2)CC1. The Hall–Kier alpha value is -2.53. The molecule has 3 aliphatic rings. The second-order valence-corrected chi connectivity index (χ2v) is 12.0. The molecule has 194 valence electrons. The molecule has 3 aliphatic heterocycles. The summed E-state index contributed by atoms with van der Waals surface area (Å²) in [7, 11) is -4.09. The molecule has 1 amide bonds. The Morgan fingerprint density at radius 2 is 2.00 bits per heavy atom. The molecule has 0 saturated carbocycles. The fraction of sp³-hybridized carbons (Fsp3) is 0.538. The molecular weight excluding hydrogens is 480 g/mol. The molecular formula is C26H34N4O5S. The van der Waals surface area contributed by atoms with Crippen molar-refractivity contribution in [3.05, 3.63) is 42.7 Å². The first kappa shape index (κ1) is 25.1. The number of hydrogen-bond acceptors (Lipinski definition) is 7. The van der Waals surface area contributed by atoms with E-state index in [0.717, 1.165) is 54.3 Å². The van der Waals surface area contributed by atoms with E-state index in [-0.39, 0.29) is 36.1 Å². The average Bonchev–Trinajstić information content (AvgIpc) is 3.28. The summed E-state index contributed by atoms with van der Waals surface area (Å²) in [6.07, 6.45) is 5.77. The summed E-state index contributed by atoms with van der Waals surface area (Å²) in [5.41, 5.74) is 1.17. The van der Waals surface area contributed by atoms with E-state index in [9.17, 15) is 18.3 Å². The molecule has 0 radical (unpaired) electrons. The van der Waals surface area contributed by atoms with Gasteiger partial charge in [-0.25, -0.2) is 8.42 Å². The fourth-order valence-electron chi connectivity index (χ4n) is 5.62. The van der Waals surface area contributed by atoms with E-state index in [0.29, 0.717) is 6.42 Å². The van der Waals surface area contributed by atoms with Crippen molar-refractivity contribution in [3.63, 3.8) is 0 Å². The number of piperidine rings is 1.